The van der Waals surface area contributed by atoms with E-state index in [4.69, 9.17) is 9.47 Å². The average molecular weight is 440 g/mol. The van der Waals surface area contributed by atoms with Gasteiger partial charge < -0.3 is 14.8 Å². The molecule has 1 aliphatic heterocycles. The zero-order chi connectivity index (χ0) is 21.6. The van der Waals surface area contributed by atoms with Gasteiger partial charge in [-0.3, -0.25) is 14.9 Å². The Morgan fingerprint density at radius 2 is 1.94 bits per heavy atom. The summed E-state index contributed by atoms with van der Waals surface area (Å²) in [6, 6.07) is 9.44. The van der Waals surface area contributed by atoms with Crippen LogP contribution in [0, 0.1) is 5.92 Å². The molecule has 2 N–H and O–H groups in total. The van der Waals surface area contributed by atoms with Gasteiger partial charge in [-0.25, -0.2) is 4.98 Å². The maximum atomic E-state index is 12.7. The average Bonchev–Trinajstić information content (AvgIpc) is 3.14. The molecule has 1 aromatic carbocycles. The molecule has 0 aliphatic carbocycles. The second kappa shape index (κ2) is 9.82. The van der Waals surface area contributed by atoms with E-state index in [1.54, 1.807) is 12.4 Å². The van der Waals surface area contributed by atoms with Gasteiger partial charge in [0.1, 0.15) is 0 Å². The van der Waals surface area contributed by atoms with Crippen molar-refractivity contribution in [3.63, 3.8) is 0 Å². The van der Waals surface area contributed by atoms with Crippen molar-refractivity contribution >= 4 is 17.7 Å². The minimum Gasteiger partial charge on any atom is -0.490 e. The number of ether oxygens (including phenoxy) is 2. The third-order valence-corrected chi connectivity index (χ3v) is 5.71. The lowest BCUT2D eigenvalue weighted by Crippen LogP contribution is -2.33. The number of nitrogens with one attached hydrogen (secondary N) is 2. The molecule has 0 saturated carbocycles. The SMILES string of the molecule is CC(C)[C@@H](NC(=O)CSc1n[nH]c(-c2ccncc2)n1)c1ccc2c(c1)OCCCO2. The van der Waals surface area contributed by atoms with Crippen molar-refractivity contribution in [1.82, 2.24) is 25.5 Å². The number of fused-ring (bicyclic) bond motifs is 1. The topological polar surface area (TPSA) is 102 Å². The highest BCUT2D eigenvalue weighted by atomic mass is 32.2. The van der Waals surface area contributed by atoms with Gasteiger partial charge in [0.05, 0.1) is 25.0 Å². The smallest absolute Gasteiger partial charge is 0.230 e. The first-order valence-corrected chi connectivity index (χ1v) is 11.2. The van der Waals surface area contributed by atoms with Gasteiger partial charge in [0.25, 0.3) is 0 Å². The van der Waals surface area contributed by atoms with Crippen molar-refractivity contribution in [3.05, 3.63) is 48.3 Å². The van der Waals surface area contributed by atoms with Crippen molar-refractivity contribution in [2.24, 2.45) is 5.92 Å². The van der Waals surface area contributed by atoms with Crippen LogP contribution in [0.25, 0.3) is 11.4 Å². The Kier molecular flexibility index (Phi) is 6.71. The molecule has 1 atom stereocenters. The molecule has 0 spiro atoms. The predicted octanol–water partition coefficient (Wildman–Crippen LogP) is 3.63. The Labute approximate surface area is 185 Å². The van der Waals surface area contributed by atoms with Crippen LogP contribution in [0.1, 0.15) is 31.9 Å². The second-order valence-corrected chi connectivity index (χ2v) is 8.48. The van der Waals surface area contributed by atoms with Gasteiger partial charge in [-0.05, 0) is 35.7 Å². The number of pyridine rings is 1. The van der Waals surface area contributed by atoms with Gasteiger partial charge in [-0.15, -0.1) is 5.10 Å². The largest absolute Gasteiger partial charge is 0.490 e. The molecule has 0 fully saturated rings. The molecule has 1 amide bonds. The number of benzene rings is 1. The van der Waals surface area contributed by atoms with Crippen LogP contribution in [0.3, 0.4) is 0 Å². The van der Waals surface area contributed by atoms with Crippen molar-refractivity contribution in [2.75, 3.05) is 19.0 Å². The normalized spacial score (nSPS) is 14.2. The number of nitrogens with zero attached hydrogens (tertiary/aromatic N) is 3. The van der Waals surface area contributed by atoms with Crippen molar-refractivity contribution < 1.29 is 14.3 Å². The van der Waals surface area contributed by atoms with E-state index >= 15 is 0 Å². The predicted molar refractivity (Wildman–Crippen MR) is 118 cm³/mol. The Morgan fingerprint density at radius 3 is 2.71 bits per heavy atom. The molecule has 0 radical (unpaired) electrons. The lowest BCUT2D eigenvalue weighted by Gasteiger charge is -2.23. The summed E-state index contributed by atoms with van der Waals surface area (Å²) in [5.41, 5.74) is 1.89. The second-order valence-electron chi connectivity index (χ2n) is 7.54. The van der Waals surface area contributed by atoms with E-state index in [1.807, 2.05) is 30.3 Å². The van der Waals surface area contributed by atoms with E-state index in [0.717, 1.165) is 29.0 Å². The molecule has 0 saturated heterocycles. The third kappa shape index (κ3) is 5.35. The maximum Gasteiger partial charge on any atom is 0.230 e. The summed E-state index contributed by atoms with van der Waals surface area (Å²) in [7, 11) is 0. The van der Waals surface area contributed by atoms with Crippen LogP contribution < -0.4 is 14.8 Å². The summed E-state index contributed by atoms with van der Waals surface area (Å²) in [5, 5.41) is 10.7. The van der Waals surface area contributed by atoms with Gasteiger partial charge in [0.15, 0.2) is 17.3 Å². The number of hydrogen-bond donors (Lipinski definition) is 2. The molecule has 0 bridgehead atoms. The monoisotopic (exact) mass is 439 g/mol. The number of hydrogen-bond acceptors (Lipinski definition) is 7. The van der Waals surface area contributed by atoms with E-state index in [0.29, 0.717) is 24.2 Å². The van der Waals surface area contributed by atoms with E-state index in [2.05, 4.69) is 39.3 Å². The third-order valence-electron chi connectivity index (χ3n) is 4.86. The molecular weight excluding hydrogens is 414 g/mol. The number of thioether (sulfide) groups is 1. The molecule has 3 heterocycles. The fraction of sp³-hybridized carbons (Fsp3) is 0.364. The number of carbonyl (C=O) groups is 1. The molecular formula is C22H25N5O3S. The Hall–Kier alpha value is -3.07. The summed E-state index contributed by atoms with van der Waals surface area (Å²) in [6.45, 7) is 5.44. The first kappa shape index (κ1) is 21.2. The number of rotatable bonds is 7. The van der Waals surface area contributed by atoms with Gasteiger partial charge in [0, 0.05) is 24.4 Å². The highest BCUT2D eigenvalue weighted by Crippen LogP contribution is 2.34. The number of aromatic nitrogens is 4. The quantitative estimate of drug-likeness (QED) is 0.542. The summed E-state index contributed by atoms with van der Waals surface area (Å²) in [4.78, 5) is 21.1. The molecule has 31 heavy (non-hydrogen) atoms. The zero-order valence-electron chi connectivity index (χ0n) is 17.5. The first-order chi connectivity index (χ1) is 15.1. The van der Waals surface area contributed by atoms with Crippen molar-refractivity contribution in [2.45, 2.75) is 31.5 Å². The molecule has 9 heteroatoms. The molecule has 8 nitrogen and oxygen atoms in total. The Bertz CT molecular complexity index is 1020. The Morgan fingerprint density at radius 1 is 1.16 bits per heavy atom. The van der Waals surface area contributed by atoms with E-state index in [9.17, 15) is 4.79 Å². The Balaban J connectivity index is 1.38. The van der Waals surface area contributed by atoms with Crippen LogP contribution >= 0.6 is 11.8 Å². The lowest BCUT2D eigenvalue weighted by molar-refractivity contribution is -0.119. The van der Waals surface area contributed by atoms with E-state index in [-0.39, 0.29) is 23.6 Å². The molecule has 3 aromatic rings. The minimum absolute atomic E-state index is 0.0777. The van der Waals surface area contributed by atoms with Crippen molar-refractivity contribution in [3.8, 4) is 22.9 Å². The van der Waals surface area contributed by atoms with Crippen LogP contribution in [0.2, 0.25) is 0 Å². The fourth-order valence-electron chi connectivity index (χ4n) is 3.30. The van der Waals surface area contributed by atoms with Gasteiger partial charge >= 0.3 is 0 Å². The standard InChI is InChI=1S/C22H25N5O3S/c1-14(2)20(16-4-5-17-18(12-16)30-11-3-10-29-17)24-19(28)13-31-22-25-21(26-27-22)15-6-8-23-9-7-15/h4-9,12,14,20H,3,10-11,13H2,1-2H3,(H,24,28)(H,25,26,27)/t20-/m1/s1. The zero-order valence-corrected chi connectivity index (χ0v) is 18.3. The summed E-state index contributed by atoms with van der Waals surface area (Å²) < 4.78 is 11.5. The van der Waals surface area contributed by atoms with Gasteiger partial charge in [-0.2, -0.15) is 0 Å². The van der Waals surface area contributed by atoms with Crippen molar-refractivity contribution in [1.29, 1.82) is 0 Å². The van der Waals surface area contributed by atoms with E-state index < -0.39 is 0 Å². The minimum atomic E-state index is -0.134. The van der Waals surface area contributed by atoms with Gasteiger partial charge in [-0.1, -0.05) is 31.7 Å². The van der Waals surface area contributed by atoms with Crippen LogP contribution in [-0.2, 0) is 4.79 Å². The molecule has 2 aromatic heterocycles. The fourth-order valence-corrected chi connectivity index (χ4v) is 3.91. The molecule has 4 rings (SSSR count). The summed E-state index contributed by atoms with van der Waals surface area (Å²) in [5.74, 6) is 2.49. The van der Waals surface area contributed by atoms with Crippen LogP contribution in [-0.4, -0.2) is 45.0 Å². The number of aromatic amines is 1. The lowest BCUT2D eigenvalue weighted by atomic mass is 9.95. The van der Waals surface area contributed by atoms with Gasteiger partial charge in [0.2, 0.25) is 11.1 Å². The van der Waals surface area contributed by atoms with Crippen LogP contribution in [0.4, 0.5) is 0 Å². The first-order valence-electron chi connectivity index (χ1n) is 10.2. The molecule has 0 unspecified atom stereocenters. The molecule has 162 valence electrons. The highest BCUT2D eigenvalue weighted by molar-refractivity contribution is 7.99. The summed E-state index contributed by atoms with van der Waals surface area (Å²) >= 11 is 1.29. The van der Waals surface area contributed by atoms with Crippen LogP contribution in [0.5, 0.6) is 11.5 Å². The highest BCUT2D eigenvalue weighted by Gasteiger charge is 2.21. The molecule has 1 aliphatic rings. The maximum absolute atomic E-state index is 12.7. The number of amides is 1. The summed E-state index contributed by atoms with van der Waals surface area (Å²) in [6.07, 6.45) is 4.25. The van der Waals surface area contributed by atoms with E-state index in [1.165, 1.54) is 11.8 Å². The number of H-pyrrole nitrogens is 1. The van der Waals surface area contributed by atoms with Crippen LogP contribution in [0.15, 0.2) is 47.9 Å². The number of carbonyl (C=O) groups excluding carboxylic acids is 1.